The number of nitrogens with zero attached hydrogens (tertiary/aromatic N) is 2. The van der Waals surface area contributed by atoms with Crippen molar-refractivity contribution in [2.45, 2.75) is 6.54 Å². The van der Waals surface area contributed by atoms with Gasteiger partial charge in [-0.2, -0.15) is 0 Å². The van der Waals surface area contributed by atoms with Crippen LogP contribution in [0.2, 0.25) is 5.02 Å². The molecule has 0 unspecified atom stereocenters. The number of urea groups is 1. The van der Waals surface area contributed by atoms with Gasteiger partial charge in [0.05, 0.1) is 18.6 Å². The highest BCUT2D eigenvalue weighted by Crippen LogP contribution is 2.36. The number of carbonyl (C=O) groups is 4. The number of hydrogen-bond acceptors (Lipinski definition) is 9. The molecule has 4 amide bonds. The zero-order valence-electron chi connectivity index (χ0n) is 16.8. The summed E-state index contributed by atoms with van der Waals surface area (Å²) in [5, 5.41) is 13.7. The molecule has 0 aliphatic carbocycles. The van der Waals surface area contributed by atoms with Crippen LogP contribution in [0.1, 0.15) is 21.9 Å². The molecule has 1 aromatic carbocycles. The highest BCUT2D eigenvalue weighted by atomic mass is 35.5. The van der Waals surface area contributed by atoms with E-state index in [9.17, 15) is 29.3 Å². The largest absolute Gasteiger partial charge is 0.476 e. The number of ether oxygens (including phenoxy) is 2. The molecule has 3 rings (SSSR count). The number of imide groups is 1. The van der Waals surface area contributed by atoms with Crippen molar-refractivity contribution in [2.75, 3.05) is 13.7 Å². The summed E-state index contributed by atoms with van der Waals surface area (Å²) >= 11 is 5.94. The predicted molar refractivity (Wildman–Crippen MR) is 110 cm³/mol. The first-order valence-electron chi connectivity index (χ1n) is 9.01. The maximum Gasteiger partial charge on any atom is 0.373 e. The molecule has 0 radical (unpaired) electrons. The van der Waals surface area contributed by atoms with E-state index < -0.39 is 41.0 Å². The van der Waals surface area contributed by atoms with Gasteiger partial charge in [0, 0.05) is 16.7 Å². The van der Waals surface area contributed by atoms with Gasteiger partial charge in [-0.05, 0) is 24.3 Å². The molecule has 1 aromatic heterocycles. The number of methoxy groups -OCH3 is 1. The minimum absolute atomic E-state index is 0.0491. The molecule has 1 aliphatic rings. The molecule has 0 spiro atoms. The van der Waals surface area contributed by atoms with Gasteiger partial charge in [-0.25, -0.2) is 9.59 Å². The van der Waals surface area contributed by atoms with Crippen LogP contribution in [0.25, 0.3) is 6.08 Å². The predicted octanol–water partition coefficient (Wildman–Crippen LogP) is 1.58. The number of amides is 4. The average molecular weight is 479 g/mol. The van der Waals surface area contributed by atoms with Crippen molar-refractivity contribution in [3.63, 3.8) is 0 Å². The number of nitro groups is 1. The first-order chi connectivity index (χ1) is 15.6. The zero-order valence-corrected chi connectivity index (χ0v) is 17.6. The normalized spacial score (nSPS) is 14.4. The van der Waals surface area contributed by atoms with Gasteiger partial charge in [-0.1, -0.05) is 11.6 Å². The molecule has 2 aromatic rings. The van der Waals surface area contributed by atoms with Gasteiger partial charge in [0.1, 0.15) is 11.5 Å². The molecule has 1 aliphatic heterocycles. The first-order valence-corrected chi connectivity index (χ1v) is 9.39. The Bertz CT molecular complexity index is 1200. The molecule has 2 heterocycles. The Morgan fingerprint density at radius 2 is 2.06 bits per heavy atom. The van der Waals surface area contributed by atoms with Crippen LogP contribution in [0.3, 0.4) is 0 Å². The lowest BCUT2D eigenvalue weighted by Crippen LogP contribution is -2.30. The quantitative estimate of drug-likeness (QED) is 0.187. The highest BCUT2D eigenvalue weighted by Gasteiger charge is 2.35. The molecule has 0 saturated carbocycles. The maximum absolute atomic E-state index is 12.8. The van der Waals surface area contributed by atoms with Crippen LogP contribution in [0.5, 0.6) is 5.75 Å². The van der Waals surface area contributed by atoms with Gasteiger partial charge in [0.15, 0.2) is 6.61 Å². The van der Waals surface area contributed by atoms with Crippen LogP contribution in [0.4, 0.5) is 10.5 Å². The monoisotopic (exact) mass is 478 g/mol. The van der Waals surface area contributed by atoms with Crippen molar-refractivity contribution in [1.29, 1.82) is 0 Å². The third-order valence-electron chi connectivity index (χ3n) is 4.24. The van der Waals surface area contributed by atoms with Gasteiger partial charge in [0.25, 0.3) is 11.8 Å². The van der Waals surface area contributed by atoms with E-state index in [1.165, 1.54) is 25.3 Å². The summed E-state index contributed by atoms with van der Waals surface area (Å²) in [5.41, 5.74) is 4.17. The van der Waals surface area contributed by atoms with Crippen molar-refractivity contribution in [3.8, 4) is 5.75 Å². The van der Waals surface area contributed by atoms with Gasteiger partial charge >= 0.3 is 17.7 Å². The van der Waals surface area contributed by atoms with Crippen LogP contribution in [0.15, 0.2) is 34.4 Å². The van der Waals surface area contributed by atoms with Crippen LogP contribution in [-0.2, 0) is 20.9 Å². The summed E-state index contributed by atoms with van der Waals surface area (Å²) < 4.78 is 14.9. The van der Waals surface area contributed by atoms with Gasteiger partial charge in [0.2, 0.25) is 11.5 Å². The number of nitrogens with two attached hydrogens (primary N) is 1. The number of nitro benzene ring substituents is 1. The molecule has 0 bridgehead atoms. The Hall–Kier alpha value is -4.39. The Labute approximate surface area is 189 Å². The lowest BCUT2D eigenvalue weighted by molar-refractivity contribution is -0.385. The number of carbonyl (C=O) groups excluding carboxylic acids is 4. The van der Waals surface area contributed by atoms with Crippen molar-refractivity contribution >= 4 is 47.2 Å². The van der Waals surface area contributed by atoms with E-state index in [0.717, 1.165) is 17.0 Å². The summed E-state index contributed by atoms with van der Waals surface area (Å²) in [5.74, 6) is -2.77. The van der Waals surface area contributed by atoms with E-state index in [4.69, 9.17) is 26.5 Å². The Balaban J connectivity index is 1.92. The molecule has 0 atom stereocenters. The SMILES string of the molecule is COC(=O)c1ccc(CN2C(=O)N/C(=C\c3cc(Cl)cc([N+](=O)[O-])c3OCC(N)=O)C2=O)o1. The van der Waals surface area contributed by atoms with E-state index in [2.05, 4.69) is 10.1 Å². The Morgan fingerprint density at radius 1 is 1.33 bits per heavy atom. The number of halogens is 1. The standard InChI is InChI=1S/C19H15ClN4O9/c1-31-18(27)14-3-2-11(33-14)7-23-17(26)12(22-19(23)28)5-9-4-10(20)6-13(24(29)30)16(9)32-8-15(21)25/h2-6H,7-8H2,1H3,(H2,21,25)(H,22,28)/b12-5-. The van der Waals surface area contributed by atoms with Crippen LogP contribution < -0.4 is 15.8 Å². The van der Waals surface area contributed by atoms with Gasteiger partial charge < -0.3 is 24.9 Å². The van der Waals surface area contributed by atoms with Crippen molar-refractivity contribution < 1.29 is 38.0 Å². The number of primary amides is 1. The summed E-state index contributed by atoms with van der Waals surface area (Å²) in [6.45, 7) is -0.980. The zero-order chi connectivity index (χ0) is 24.3. The van der Waals surface area contributed by atoms with Crippen LogP contribution >= 0.6 is 11.6 Å². The molecule has 1 fully saturated rings. The lowest BCUT2D eigenvalue weighted by Gasteiger charge is -2.10. The third-order valence-corrected chi connectivity index (χ3v) is 4.46. The summed E-state index contributed by atoms with van der Waals surface area (Å²) in [4.78, 5) is 59.0. The number of hydrogen-bond donors (Lipinski definition) is 2. The van der Waals surface area contributed by atoms with Crippen molar-refractivity contribution in [3.05, 3.63) is 62.2 Å². The van der Waals surface area contributed by atoms with E-state index in [-0.39, 0.29) is 40.1 Å². The van der Waals surface area contributed by atoms with Crippen molar-refractivity contribution in [1.82, 2.24) is 10.2 Å². The Kier molecular flexibility index (Phi) is 6.63. The second-order valence-corrected chi connectivity index (χ2v) is 6.93. The third kappa shape index (κ3) is 5.10. The van der Waals surface area contributed by atoms with Gasteiger partial charge in [-0.15, -0.1) is 0 Å². The van der Waals surface area contributed by atoms with E-state index in [0.29, 0.717) is 0 Å². The summed E-state index contributed by atoms with van der Waals surface area (Å²) in [6, 6.07) is 4.15. The highest BCUT2D eigenvalue weighted by molar-refractivity contribution is 6.31. The van der Waals surface area contributed by atoms with E-state index >= 15 is 0 Å². The fourth-order valence-electron chi connectivity index (χ4n) is 2.84. The number of benzene rings is 1. The fourth-order valence-corrected chi connectivity index (χ4v) is 3.06. The molecular formula is C19H15ClN4O9. The first kappa shape index (κ1) is 23.3. The topological polar surface area (TPSA) is 184 Å². The molecule has 3 N–H and O–H groups in total. The molecule has 13 nitrogen and oxygen atoms in total. The number of furan rings is 1. The fraction of sp³-hybridized carbons (Fsp3) is 0.158. The molecule has 172 valence electrons. The molecular weight excluding hydrogens is 464 g/mol. The minimum Gasteiger partial charge on any atom is -0.476 e. The van der Waals surface area contributed by atoms with E-state index in [1.54, 1.807) is 0 Å². The summed E-state index contributed by atoms with van der Waals surface area (Å²) in [6.07, 6.45) is 1.11. The van der Waals surface area contributed by atoms with Crippen molar-refractivity contribution in [2.24, 2.45) is 5.73 Å². The van der Waals surface area contributed by atoms with Gasteiger partial charge in [-0.3, -0.25) is 24.6 Å². The second-order valence-electron chi connectivity index (χ2n) is 6.49. The summed E-state index contributed by atoms with van der Waals surface area (Å²) in [7, 11) is 1.17. The average Bonchev–Trinajstić information content (AvgIpc) is 3.32. The molecule has 33 heavy (non-hydrogen) atoms. The number of rotatable bonds is 8. The number of esters is 1. The lowest BCUT2D eigenvalue weighted by atomic mass is 10.1. The number of nitrogens with one attached hydrogen (secondary N) is 1. The van der Waals surface area contributed by atoms with E-state index in [1.807, 2.05) is 0 Å². The van der Waals surface area contributed by atoms with Crippen LogP contribution in [-0.4, -0.2) is 47.4 Å². The van der Waals surface area contributed by atoms with Crippen LogP contribution in [0, 0.1) is 10.1 Å². The molecule has 14 heteroatoms. The molecule has 1 saturated heterocycles. The second kappa shape index (κ2) is 9.40. The minimum atomic E-state index is -0.890. The maximum atomic E-state index is 12.8. The Morgan fingerprint density at radius 3 is 2.70 bits per heavy atom. The smallest absolute Gasteiger partial charge is 0.373 e.